The Balaban J connectivity index is 1.67. The van der Waals surface area contributed by atoms with Gasteiger partial charge in [0.15, 0.2) is 5.82 Å². The van der Waals surface area contributed by atoms with Crippen LogP contribution < -0.4 is 10.1 Å². The van der Waals surface area contributed by atoms with E-state index >= 15 is 0 Å². The first-order valence-electron chi connectivity index (χ1n) is 9.58. The fourth-order valence-corrected chi connectivity index (χ4v) is 3.77. The highest BCUT2D eigenvalue weighted by Gasteiger charge is 2.26. The average Bonchev–Trinajstić information content (AvgIpc) is 3.23. The molecule has 0 aliphatic heterocycles. The molecule has 140 valence electrons. The van der Waals surface area contributed by atoms with Gasteiger partial charge in [-0.3, -0.25) is 0 Å². The molecule has 0 unspecified atom stereocenters. The highest BCUT2D eigenvalue weighted by Crippen LogP contribution is 2.32. The summed E-state index contributed by atoms with van der Waals surface area (Å²) in [6, 6.07) is 18.6. The van der Waals surface area contributed by atoms with Crippen LogP contribution in [0.3, 0.4) is 0 Å². The monoisotopic (exact) mass is 363 g/mol. The maximum Gasteiger partial charge on any atom is 0.178 e. The number of rotatable bonds is 6. The Kier molecular flexibility index (Phi) is 5.32. The number of nitrogens with zero attached hydrogens (tertiary/aromatic N) is 4. The van der Waals surface area contributed by atoms with Gasteiger partial charge in [-0.15, -0.1) is 5.10 Å². The molecule has 1 atom stereocenters. The summed E-state index contributed by atoms with van der Waals surface area (Å²) < 4.78 is 7.30. The van der Waals surface area contributed by atoms with Crippen LogP contribution in [0.4, 0.5) is 5.69 Å². The minimum absolute atomic E-state index is 0.114. The van der Waals surface area contributed by atoms with Crippen molar-refractivity contribution in [3.8, 4) is 5.75 Å². The Morgan fingerprint density at radius 2 is 1.74 bits per heavy atom. The number of aromatic nitrogens is 4. The highest BCUT2D eigenvalue weighted by molar-refractivity contribution is 5.49. The number of tetrazole rings is 1. The third kappa shape index (κ3) is 3.94. The van der Waals surface area contributed by atoms with Gasteiger partial charge >= 0.3 is 0 Å². The van der Waals surface area contributed by atoms with E-state index in [0.717, 1.165) is 35.7 Å². The van der Waals surface area contributed by atoms with Gasteiger partial charge in [0.05, 0.1) is 13.2 Å². The van der Waals surface area contributed by atoms with Crippen molar-refractivity contribution in [2.24, 2.45) is 0 Å². The number of methoxy groups -OCH3 is 1. The number of benzene rings is 2. The van der Waals surface area contributed by atoms with Gasteiger partial charge in [-0.25, -0.2) is 4.68 Å². The van der Waals surface area contributed by atoms with Crippen LogP contribution in [0.1, 0.15) is 55.6 Å². The van der Waals surface area contributed by atoms with Gasteiger partial charge in [0.2, 0.25) is 0 Å². The van der Waals surface area contributed by atoms with E-state index in [2.05, 4.69) is 33.0 Å². The Bertz CT molecular complexity index is 841. The largest absolute Gasteiger partial charge is 0.497 e. The van der Waals surface area contributed by atoms with E-state index in [0.29, 0.717) is 6.04 Å². The molecule has 0 spiro atoms. The molecule has 1 aliphatic rings. The third-order valence-electron chi connectivity index (χ3n) is 5.23. The molecule has 1 N–H and O–H groups in total. The van der Waals surface area contributed by atoms with E-state index in [4.69, 9.17) is 4.74 Å². The molecule has 4 rings (SSSR count). The zero-order chi connectivity index (χ0) is 18.5. The summed E-state index contributed by atoms with van der Waals surface area (Å²) in [5.74, 6) is 1.70. The standard InChI is InChI=1S/C21H25N5O/c1-27-19-14-12-17(13-15-19)22-20(16-8-4-2-5-9-16)21-23-24-25-26(21)18-10-6-3-7-11-18/h2,4-5,8-9,12-15,18,20,22H,3,6-7,10-11H2,1H3/t20-/m1/s1. The fourth-order valence-electron chi connectivity index (χ4n) is 3.77. The van der Waals surface area contributed by atoms with Crippen molar-refractivity contribution in [1.82, 2.24) is 20.2 Å². The molecular weight excluding hydrogens is 338 g/mol. The molecule has 0 saturated heterocycles. The van der Waals surface area contributed by atoms with Crippen LogP contribution in [0, 0.1) is 0 Å². The number of ether oxygens (including phenoxy) is 1. The molecule has 0 radical (unpaired) electrons. The van der Waals surface area contributed by atoms with Gasteiger partial charge < -0.3 is 10.1 Å². The summed E-state index contributed by atoms with van der Waals surface area (Å²) in [7, 11) is 1.67. The Labute approximate surface area is 159 Å². The lowest BCUT2D eigenvalue weighted by Gasteiger charge is -2.26. The van der Waals surface area contributed by atoms with Crippen molar-refractivity contribution < 1.29 is 4.74 Å². The Hall–Kier alpha value is -2.89. The number of hydrogen-bond acceptors (Lipinski definition) is 5. The summed E-state index contributed by atoms with van der Waals surface area (Å²) in [4.78, 5) is 0. The van der Waals surface area contributed by atoms with Crippen molar-refractivity contribution in [1.29, 1.82) is 0 Å². The van der Waals surface area contributed by atoms with E-state index in [1.807, 2.05) is 47.1 Å². The van der Waals surface area contributed by atoms with Crippen LogP contribution >= 0.6 is 0 Å². The lowest BCUT2D eigenvalue weighted by Crippen LogP contribution is -2.23. The molecule has 27 heavy (non-hydrogen) atoms. The van der Waals surface area contributed by atoms with E-state index in [1.54, 1.807) is 7.11 Å². The molecule has 0 amide bonds. The van der Waals surface area contributed by atoms with Gasteiger partial charge in [0.1, 0.15) is 11.8 Å². The first-order valence-corrected chi connectivity index (χ1v) is 9.58. The smallest absolute Gasteiger partial charge is 0.178 e. The first kappa shape index (κ1) is 17.5. The summed E-state index contributed by atoms with van der Waals surface area (Å²) in [6.07, 6.45) is 6.07. The summed E-state index contributed by atoms with van der Waals surface area (Å²) in [5, 5.41) is 16.4. The molecule has 6 nitrogen and oxygen atoms in total. The van der Waals surface area contributed by atoms with Crippen LogP contribution in [0.2, 0.25) is 0 Å². The van der Waals surface area contributed by atoms with Crippen molar-refractivity contribution in [2.75, 3.05) is 12.4 Å². The van der Waals surface area contributed by atoms with Crippen LogP contribution in [0.5, 0.6) is 5.75 Å². The third-order valence-corrected chi connectivity index (χ3v) is 5.23. The van der Waals surface area contributed by atoms with Gasteiger partial charge in [-0.2, -0.15) is 0 Å². The molecule has 0 bridgehead atoms. The predicted molar refractivity (Wildman–Crippen MR) is 105 cm³/mol. The van der Waals surface area contributed by atoms with Gasteiger partial charge in [0.25, 0.3) is 0 Å². The minimum atomic E-state index is -0.114. The molecule has 1 saturated carbocycles. The lowest BCUT2D eigenvalue weighted by molar-refractivity contribution is 0.315. The van der Waals surface area contributed by atoms with E-state index < -0.39 is 0 Å². The van der Waals surface area contributed by atoms with Crippen LogP contribution in [-0.2, 0) is 0 Å². The van der Waals surface area contributed by atoms with Gasteiger partial charge in [-0.05, 0) is 53.1 Å². The zero-order valence-electron chi connectivity index (χ0n) is 15.6. The molecule has 1 aliphatic carbocycles. The summed E-state index contributed by atoms with van der Waals surface area (Å²) in [6.45, 7) is 0. The topological polar surface area (TPSA) is 64.9 Å². The average molecular weight is 363 g/mol. The van der Waals surface area contributed by atoms with Crippen molar-refractivity contribution in [3.05, 3.63) is 66.0 Å². The number of hydrogen-bond donors (Lipinski definition) is 1. The molecule has 2 aromatic carbocycles. The van der Waals surface area contributed by atoms with Crippen molar-refractivity contribution >= 4 is 5.69 Å². The SMILES string of the molecule is COc1ccc(N[C@H](c2ccccc2)c2nnnn2C2CCCCC2)cc1. The summed E-state index contributed by atoms with van der Waals surface area (Å²) in [5.41, 5.74) is 2.14. The van der Waals surface area contributed by atoms with E-state index in [-0.39, 0.29) is 6.04 Å². The fraction of sp³-hybridized carbons (Fsp3) is 0.381. The minimum Gasteiger partial charge on any atom is -0.497 e. The quantitative estimate of drug-likeness (QED) is 0.704. The lowest BCUT2D eigenvalue weighted by atomic mass is 9.95. The normalized spacial score (nSPS) is 16.0. The Morgan fingerprint density at radius 3 is 2.44 bits per heavy atom. The van der Waals surface area contributed by atoms with E-state index in [9.17, 15) is 0 Å². The van der Waals surface area contributed by atoms with Crippen LogP contribution in [0.25, 0.3) is 0 Å². The second kappa shape index (κ2) is 8.20. The Morgan fingerprint density at radius 1 is 1.00 bits per heavy atom. The molecule has 1 aromatic heterocycles. The van der Waals surface area contributed by atoms with E-state index in [1.165, 1.54) is 19.3 Å². The molecule has 6 heteroatoms. The maximum absolute atomic E-state index is 5.27. The summed E-state index contributed by atoms with van der Waals surface area (Å²) >= 11 is 0. The van der Waals surface area contributed by atoms with Gasteiger partial charge in [0, 0.05) is 5.69 Å². The molecule has 3 aromatic rings. The predicted octanol–water partition coefficient (Wildman–Crippen LogP) is 4.39. The molecule has 1 fully saturated rings. The van der Waals surface area contributed by atoms with Crippen LogP contribution in [-0.4, -0.2) is 27.3 Å². The maximum atomic E-state index is 5.27. The molecule has 1 heterocycles. The highest BCUT2D eigenvalue weighted by atomic mass is 16.5. The molecular formula is C21H25N5O. The van der Waals surface area contributed by atoms with Crippen LogP contribution in [0.15, 0.2) is 54.6 Å². The van der Waals surface area contributed by atoms with Crippen molar-refractivity contribution in [3.63, 3.8) is 0 Å². The van der Waals surface area contributed by atoms with Crippen molar-refractivity contribution in [2.45, 2.75) is 44.2 Å². The zero-order valence-corrected chi connectivity index (χ0v) is 15.6. The second-order valence-electron chi connectivity index (χ2n) is 6.99. The second-order valence-corrected chi connectivity index (χ2v) is 6.99. The number of nitrogens with one attached hydrogen (secondary N) is 1. The number of anilines is 1. The first-order chi connectivity index (χ1) is 13.3. The van der Waals surface area contributed by atoms with Gasteiger partial charge in [-0.1, -0.05) is 49.6 Å².